The Hall–Kier alpha value is -3.02. The molecule has 136 valence electrons. The summed E-state index contributed by atoms with van der Waals surface area (Å²) in [6.45, 7) is 4.46. The first-order valence-corrected chi connectivity index (χ1v) is 8.45. The van der Waals surface area contributed by atoms with Gasteiger partial charge in [0.1, 0.15) is 0 Å². The maximum atomic E-state index is 12.9. The van der Waals surface area contributed by atoms with Crippen LogP contribution in [0, 0.1) is 6.92 Å². The molecule has 0 saturated heterocycles. The SMILES string of the molecule is CCn1c(=O)c2cc(OC)c(OC)cc2n(Cc2ccc(C)cc2)c1=O. The number of ether oxygens (including phenoxy) is 2. The van der Waals surface area contributed by atoms with Gasteiger partial charge in [-0.05, 0) is 25.5 Å². The van der Waals surface area contributed by atoms with E-state index in [0.717, 1.165) is 11.1 Å². The van der Waals surface area contributed by atoms with Crippen LogP contribution in [-0.2, 0) is 13.1 Å². The molecule has 0 fully saturated rings. The van der Waals surface area contributed by atoms with Crippen molar-refractivity contribution in [3.63, 3.8) is 0 Å². The van der Waals surface area contributed by atoms with Crippen molar-refractivity contribution < 1.29 is 9.47 Å². The summed E-state index contributed by atoms with van der Waals surface area (Å²) in [5.41, 5.74) is 2.00. The average molecular weight is 354 g/mol. The second-order valence-corrected chi connectivity index (χ2v) is 6.13. The second kappa shape index (κ2) is 7.07. The monoisotopic (exact) mass is 354 g/mol. The zero-order valence-corrected chi connectivity index (χ0v) is 15.4. The molecule has 3 rings (SSSR count). The van der Waals surface area contributed by atoms with Gasteiger partial charge in [-0.25, -0.2) is 4.79 Å². The zero-order chi connectivity index (χ0) is 18.8. The Labute approximate surface area is 151 Å². The van der Waals surface area contributed by atoms with Gasteiger partial charge >= 0.3 is 5.69 Å². The van der Waals surface area contributed by atoms with Crippen molar-refractivity contribution in [3.05, 3.63) is 68.4 Å². The molecule has 0 atom stereocenters. The topological polar surface area (TPSA) is 62.5 Å². The third kappa shape index (κ3) is 2.98. The van der Waals surface area contributed by atoms with Crippen LogP contribution in [0.2, 0.25) is 0 Å². The standard InChI is InChI=1S/C20H22N2O4/c1-5-21-19(23)15-10-17(25-3)18(26-4)11-16(15)22(20(21)24)12-14-8-6-13(2)7-9-14/h6-11H,5,12H2,1-4H3. The van der Waals surface area contributed by atoms with Crippen LogP contribution in [0.1, 0.15) is 18.1 Å². The lowest BCUT2D eigenvalue weighted by Gasteiger charge is -2.16. The van der Waals surface area contributed by atoms with Gasteiger partial charge in [0.15, 0.2) is 11.5 Å². The maximum absolute atomic E-state index is 12.9. The predicted molar refractivity (Wildman–Crippen MR) is 102 cm³/mol. The molecule has 0 N–H and O–H groups in total. The van der Waals surface area contributed by atoms with Crippen molar-refractivity contribution in [1.29, 1.82) is 0 Å². The van der Waals surface area contributed by atoms with Crippen molar-refractivity contribution >= 4 is 10.9 Å². The Morgan fingerprint density at radius 3 is 2.12 bits per heavy atom. The highest BCUT2D eigenvalue weighted by Gasteiger charge is 2.16. The highest BCUT2D eigenvalue weighted by molar-refractivity contribution is 5.82. The number of aryl methyl sites for hydroxylation is 1. The molecular weight excluding hydrogens is 332 g/mol. The third-order valence-corrected chi connectivity index (χ3v) is 4.51. The van der Waals surface area contributed by atoms with Gasteiger partial charge in [-0.2, -0.15) is 0 Å². The van der Waals surface area contributed by atoms with Gasteiger partial charge < -0.3 is 9.47 Å². The summed E-state index contributed by atoms with van der Waals surface area (Å²) in [5.74, 6) is 0.936. The lowest BCUT2D eigenvalue weighted by Crippen LogP contribution is -2.39. The highest BCUT2D eigenvalue weighted by atomic mass is 16.5. The molecule has 0 aliphatic carbocycles. The summed E-state index contributed by atoms with van der Waals surface area (Å²) < 4.78 is 13.5. The number of hydrogen-bond acceptors (Lipinski definition) is 4. The van der Waals surface area contributed by atoms with Crippen molar-refractivity contribution in [3.8, 4) is 11.5 Å². The summed E-state index contributed by atoms with van der Waals surface area (Å²) >= 11 is 0. The Morgan fingerprint density at radius 2 is 1.54 bits per heavy atom. The molecule has 0 aliphatic rings. The number of aromatic nitrogens is 2. The molecule has 0 spiro atoms. The average Bonchev–Trinajstić information content (AvgIpc) is 2.66. The minimum atomic E-state index is -0.335. The molecule has 3 aromatic rings. The molecule has 0 amide bonds. The second-order valence-electron chi connectivity index (χ2n) is 6.13. The number of benzene rings is 2. The van der Waals surface area contributed by atoms with Crippen molar-refractivity contribution in [1.82, 2.24) is 9.13 Å². The molecule has 26 heavy (non-hydrogen) atoms. The summed E-state index contributed by atoms with van der Waals surface area (Å²) in [7, 11) is 3.05. The predicted octanol–water partition coefficient (Wildman–Crippen LogP) is 2.56. The molecule has 0 bridgehead atoms. The van der Waals surface area contributed by atoms with Crippen LogP contribution in [0.25, 0.3) is 10.9 Å². The van der Waals surface area contributed by atoms with Gasteiger partial charge in [-0.15, -0.1) is 0 Å². The molecular formula is C20H22N2O4. The number of methoxy groups -OCH3 is 2. The van der Waals surface area contributed by atoms with Gasteiger partial charge in [-0.1, -0.05) is 29.8 Å². The maximum Gasteiger partial charge on any atom is 0.331 e. The van der Waals surface area contributed by atoms with Crippen molar-refractivity contribution in [2.24, 2.45) is 0 Å². The number of hydrogen-bond donors (Lipinski definition) is 0. The minimum absolute atomic E-state index is 0.301. The third-order valence-electron chi connectivity index (χ3n) is 4.51. The van der Waals surface area contributed by atoms with Crippen LogP contribution in [0.4, 0.5) is 0 Å². The molecule has 6 heteroatoms. The van der Waals surface area contributed by atoms with E-state index in [-0.39, 0.29) is 11.2 Å². The van der Waals surface area contributed by atoms with Gasteiger partial charge in [0.05, 0.1) is 31.7 Å². The molecule has 6 nitrogen and oxygen atoms in total. The van der Waals surface area contributed by atoms with E-state index < -0.39 is 0 Å². The first-order chi connectivity index (χ1) is 12.5. The number of fused-ring (bicyclic) bond motifs is 1. The fraction of sp³-hybridized carbons (Fsp3) is 0.300. The molecule has 1 aromatic heterocycles. The first-order valence-electron chi connectivity index (χ1n) is 8.45. The Balaban J connectivity index is 2.33. The van der Waals surface area contributed by atoms with Crippen LogP contribution in [0.5, 0.6) is 11.5 Å². The summed E-state index contributed by atoms with van der Waals surface area (Å²) in [5, 5.41) is 0.427. The van der Waals surface area contributed by atoms with E-state index in [2.05, 4.69) is 0 Å². The first kappa shape index (κ1) is 17.8. The van der Waals surface area contributed by atoms with Gasteiger partial charge in [0.25, 0.3) is 5.56 Å². The van der Waals surface area contributed by atoms with E-state index in [9.17, 15) is 9.59 Å². The normalized spacial score (nSPS) is 10.9. The molecule has 0 saturated carbocycles. The summed E-state index contributed by atoms with van der Waals surface area (Å²) in [6.07, 6.45) is 0. The van der Waals surface area contributed by atoms with Crippen LogP contribution in [-0.4, -0.2) is 23.4 Å². The zero-order valence-electron chi connectivity index (χ0n) is 15.4. The van der Waals surface area contributed by atoms with Crippen molar-refractivity contribution in [2.45, 2.75) is 26.9 Å². The highest BCUT2D eigenvalue weighted by Crippen LogP contribution is 2.30. The molecule has 2 aromatic carbocycles. The minimum Gasteiger partial charge on any atom is -0.493 e. The largest absolute Gasteiger partial charge is 0.493 e. The van der Waals surface area contributed by atoms with Crippen LogP contribution < -0.4 is 20.7 Å². The van der Waals surface area contributed by atoms with E-state index in [0.29, 0.717) is 35.5 Å². The quantitative estimate of drug-likeness (QED) is 0.706. The van der Waals surface area contributed by atoms with E-state index in [4.69, 9.17) is 9.47 Å². The Morgan fingerprint density at radius 1 is 0.923 bits per heavy atom. The van der Waals surface area contributed by atoms with E-state index in [1.54, 1.807) is 23.6 Å². The molecule has 0 unspecified atom stereocenters. The van der Waals surface area contributed by atoms with Crippen LogP contribution in [0.15, 0.2) is 46.0 Å². The molecule has 0 aliphatic heterocycles. The van der Waals surface area contributed by atoms with E-state index >= 15 is 0 Å². The van der Waals surface area contributed by atoms with Gasteiger partial charge in [-0.3, -0.25) is 13.9 Å². The van der Waals surface area contributed by atoms with E-state index in [1.807, 2.05) is 31.2 Å². The summed E-state index contributed by atoms with van der Waals surface area (Å²) in [6, 6.07) is 11.3. The lowest BCUT2D eigenvalue weighted by molar-refractivity contribution is 0.355. The molecule has 0 radical (unpaired) electrons. The van der Waals surface area contributed by atoms with Crippen LogP contribution >= 0.6 is 0 Å². The smallest absolute Gasteiger partial charge is 0.331 e. The fourth-order valence-electron chi connectivity index (χ4n) is 3.05. The van der Waals surface area contributed by atoms with Crippen LogP contribution in [0.3, 0.4) is 0 Å². The lowest BCUT2D eigenvalue weighted by atomic mass is 10.1. The van der Waals surface area contributed by atoms with E-state index in [1.165, 1.54) is 18.8 Å². The molecule has 1 heterocycles. The van der Waals surface area contributed by atoms with Crippen molar-refractivity contribution in [2.75, 3.05) is 14.2 Å². The Bertz CT molecular complexity index is 1060. The number of nitrogens with zero attached hydrogens (tertiary/aromatic N) is 2. The number of rotatable bonds is 5. The van der Waals surface area contributed by atoms with Gasteiger partial charge in [0, 0.05) is 12.6 Å². The van der Waals surface area contributed by atoms with Gasteiger partial charge in [0.2, 0.25) is 0 Å². The fourth-order valence-corrected chi connectivity index (χ4v) is 3.05. The summed E-state index contributed by atoms with van der Waals surface area (Å²) in [4.78, 5) is 25.7. The Kier molecular flexibility index (Phi) is 4.84.